The summed E-state index contributed by atoms with van der Waals surface area (Å²) in [5.41, 5.74) is 5.48. The Balaban J connectivity index is 0.000000139. The first-order chi connectivity index (χ1) is 38.1. The molecule has 6 heterocycles. The summed E-state index contributed by atoms with van der Waals surface area (Å²) in [4.78, 5) is 25.6. The number of phenols is 6. The third-order valence-corrected chi connectivity index (χ3v) is 14.1. The highest BCUT2D eigenvalue weighted by molar-refractivity contribution is 7.40. The quantitative estimate of drug-likeness (QED) is 0.0405. The largest absolute Gasteiger partial charge is 0.822 e. The molecule has 0 saturated carbocycles. The molecule has 0 saturated heterocycles. The first kappa shape index (κ1) is 55.2. The number of fused-ring (bicyclic) bond motifs is 12. The van der Waals surface area contributed by atoms with Crippen LogP contribution in [0.4, 0.5) is 0 Å². The third-order valence-electron chi connectivity index (χ3n) is 14.1. The van der Waals surface area contributed by atoms with Crippen LogP contribution in [0.15, 0.2) is 128 Å². The van der Waals surface area contributed by atoms with Gasteiger partial charge in [0, 0.05) is 57.2 Å². The minimum atomic E-state index is -5.39. The summed E-state index contributed by atoms with van der Waals surface area (Å²) in [5.74, 6) is 3.33. The summed E-state index contributed by atoms with van der Waals surface area (Å²) in [6.07, 6.45) is 5.84. The van der Waals surface area contributed by atoms with Gasteiger partial charge in [-0.2, -0.15) is 21.0 Å². The zero-order valence-electron chi connectivity index (χ0n) is 44.7. The number of aromatic hydroxyl groups is 6. The zero-order valence-corrected chi connectivity index (χ0v) is 45.6. The molecule has 6 N–H and O–H groups in total. The molecule has 0 atom stereocenters. The van der Waals surface area contributed by atoms with Crippen molar-refractivity contribution in [3.05, 3.63) is 145 Å². The van der Waals surface area contributed by atoms with E-state index >= 15 is 0 Å². The molecule has 12 rings (SSSR count). The molecule has 20 heteroatoms. The van der Waals surface area contributed by atoms with Crippen LogP contribution in [0.3, 0.4) is 0 Å². The van der Waals surface area contributed by atoms with Crippen molar-refractivity contribution in [1.82, 2.24) is 0 Å². The molecule has 0 unspecified atom stereocenters. The van der Waals surface area contributed by atoms with E-state index in [1.54, 1.807) is 36.4 Å². The summed E-state index contributed by atoms with van der Waals surface area (Å²) in [5, 5.41) is 72.6. The zero-order chi connectivity index (χ0) is 57.6. The van der Waals surface area contributed by atoms with Crippen molar-refractivity contribution in [1.29, 1.82) is 0 Å². The summed E-state index contributed by atoms with van der Waals surface area (Å²) in [6, 6.07) is 33.4. The lowest BCUT2D eigenvalue weighted by Crippen LogP contribution is -2.25. The van der Waals surface area contributed by atoms with Gasteiger partial charge >= 0.3 is 0 Å². The van der Waals surface area contributed by atoms with Crippen LogP contribution < -0.4 is 56.3 Å². The van der Waals surface area contributed by atoms with Crippen LogP contribution in [-0.4, -0.2) is 73.3 Å². The van der Waals surface area contributed by atoms with Gasteiger partial charge in [-0.25, -0.2) is 0 Å². The van der Waals surface area contributed by atoms with E-state index in [-0.39, 0.29) is 34.5 Å². The maximum atomic E-state index is 10.5. The van der Waals surface area contributed by atoms with E-state index < -0.39 is 7.82 Å². The van der Waals surface area contributed by atoms with Crippen LogP contribution in [0.25, 0.3) is 81.2 Å². The lowest BCUT2D eigenvalue weighted by atomic mass is 10.0. The number of hydrogen-bond acceptors (Lipinski definition) is 16. The van der Waals surface area contributed by atoms with E-state index in [1.807, 2.05) is 125 Å². The number of nitrogens with zero attached hydrogens (tertiary/aromatic N) is 3. The Morgan fingerprint density at radius 2 is 0.588 bits per heavy atom. The number of aromatic nitrogens is 3. The summed E-state index contributed by atoms with van der Waals surface area (Å²) >= 11 is 0. The Bertz CT molecular complexity index is 4080. The molecule has 0 fully saturated rings. The molecule has 0 radical (unpaired) electrons. The second-order valence-corrected chi connectivity index (χ2v) is 19.3. The lowest BCUT2D eigenvalue weighted by Gasteiger charge is -2.36. The van der Waals surface area contributed by atoms with Crippen LogP contribution in [0, 0.1) is 20.8 Å². The molecule has 6 aromatic heterocycles. The number of phosphoric acid groups is 1. The molecule has 0 spiro atoms. The number of pyridine rings is 6. The van der Waals surface area contributed by atoms with Crippen LogP contribution in [0.1, 0.15) is 17.1 Å². The smallest absolute Gasteiger partial charge is 0.219 e. The molecular weight excluding hydrogens is 1050 g/mol. The average molecular weight is 1100 g/mol. The average Bonchev–Trinajstić information content (AvgIpc) is 3.62. The Hall–Kier alpha value is -9.52. The molecule has 0 aliphatic carbocycles. The number of benzene rings is 6. The first-order valence-electron chi connectivity index (χ1n) is 24.4. The van der Waals surface area contributed by atoms with Gasteiger partial charge in [-0.3, -0.25) is 0 Å². The minimum Gasteiger partial charge on any atom is -0.822 e. The molecule has 19 nitrogen and oxygen atoms in total. The Morgan fingerprint density at radius 1 is 0.350 bits per heavy atom. The fourth-order valence-electron chi connectivity index (χ4n) is 10.3. The molecule has 12 aromatic rings. The van der Waals surface area contributed by atoms with Gasteiger partial charge in [-0.15, -0.1) is 0 Å². The van der Waals surface area contributed by atoms with Crippen molar-refractivity contribution < 1.29 is 91.5 Å². The van der Waals surface area contributed by atoms with E-state index in [0.29, 0.717) is 34.5 Å². The summed E-state index contributed by atoms with van der Waals surface area (Å²) in [7, 11) is 3.82. The summed E-state index contributed by atoms with van der Waals surface area (Å²) < 4.78 is 45.8. The van der Waals surface area contributed by atoms with Crippen LogP contribution in [-0.2, 0) is 4.57 Å². The third kappa shape index (κ3) is 10.0. The number of ether oxygens (including phenoxy) is 6. The second-order valence-electron chi connectivity index (χ2n) is 18.4. The van der Waals surface area contributed by atoms with Gasteiger partial charge in [-0.1, -0.05) is 0 Å². The van der Waals surface area contributed by atoms with Gasteiger partial charge in [0.05, 0.1) is 75.0 Å². The number of rotatable bonds is 6. The van der Waals surface area contributed by atoms with Crippen LogP contribution in [0.5, 0.6) is 69.0 Å². The van der Waals surface area contributed by atoms with E-state index in [9.17, 15) is 30.6 Å². The number of hydrogen-bond donors (Lipinski definition) is 6. The van der Waals surface area contributed by atoms with Gasteiger partial charge in [0.2, 0.25) is 16.6 Å². The van der Waals surface area contributed by atoms with Crippen molar-refractivity contribution >= 4 is 89.0 Å². The van der Waals surface area contributed by atoms with Crippen LogP contribution in [0.2, 0.25) is 0 Å². The van der Waals surface area contributed by atoms with Crippen molar-refractivity contribution in [2.24, 2.45) is 0 Å². The van der Waals surface area contributed by atoms with Crippen molar-refractivity contribution in [2.45, 2.75) is 20.8 Å². The summed E-state index contributed by atoms with van der Waals surface area (Å²) in [6.45, 7) is 5.84. The number of methoxy groups -OCH3 is 6. The Labute approximate surface area is 456 Å². The SMILES string of the molecule is COc1cc2cc[n+]3c(C)c4c(O)c(OC)ccc4cc3c2cc1O.COc1cc2cc[n+]3c(C)c4c(O)c(OC)ccc4cc3c2cc1O.COc1cc2cc[n+]3c(C)c4c(O)c(OC)ccc4cc3c2cc1O.O=P([O-])([O-])[O-]. The lowest BCUT2D eigenvalue weighted by molar-refractivity contribution is -0.517. The van der Waals surface area contributed by atoms with Gasteiger partial charge in [0.25, 0.3) is 0 Å². The molecule has 0 amide bonds. The van der Waals surface area contributed by atoms with Crippen molar-refractivity contribution in [3.63, 3.8) is 0 Å². The highest BCUT2D eigenvalue weighted by Gasteiger charge is 2.24. The molecule has 0 aliphatic rings. The maximum absolute atomic E-state index is 10.5. The van der Waals surface area contributed by atoms with E-state index in [4.69, 9.17) is 47.7 Å². The van der Waals surface area contributed by atoms with Gasteiger partial charge < -0.3 is 78.3 Å². The topological polar surface area (TPSA) is 275 Å². The fraction of sp³-hybridized carbons (Fsp3) is 0.150. The van der Waals surface area contributed by atoms with Gasteiger partial charge in [-0.05, 0) is 105 Å². The highest BCUT2D eigenvalue weighted by Crippen LogP contribution is 2.41. The fourth-order valence-corrected chi connectivity index (χ4v) is 10.3. The molecule has 0 aliphatic heterocycles. The van der Waals surface area contributed by atoms with Gasteiger partial charge in [0.1, 0.15) is 0 Å². The van der Waals surface area contributed by atoms with Crippen LogP contribution >= 0.6 is 7.82 Å². The second kappa shape index (κ2) is 21.7. The Morgan fingerprint density at radius 3 is 0.812 bits per heavy atom. The van der Waals surface area contributed by atoms with Crippen molar-refractivity contribution in [2.75, 3.05) is 42.7 Å². The highest BCUT2D eigenvalue weighted by atomic mass is 31.2. The van der Waals surface area contributed by atoms with E-state index in [0.717, 1.165) is 98.3 Å². The molecule has 410 valence electrons. The van der Waals surface area contributed by atoms with Gasteiger partial charge in [0.15, 0.2) is 105 Å². The Kier molecular flexibility index (Phi) is 15.0. The predicted octanol–water partition coefficient (Wildman–Crippen LogP) is 7.58. The standard InChI is InChI=1S/3C20H17NO4.H3O4P/c3*1-11-19-13(4-5-17(24-2)20(19)23)8-15-14-10-16(22)18(25-3)9-12(14)6-7-21(11)15;1-5(2,3)4/h3*4-10,22H,1-3H3;(H3,1,2,3,4). The molecule has 6 aromatic carbocycles. The van der Waals surface area contributed by atoms with Crippen molar-refractivity contribution in [3.8, 4) is 69.0 Å². The number of aryl methyl sites for hydroxylation is 3. The van der Waals surface area contributed by atoms with E-state index in [1.165, 1.54) is 42.7 Å². The maximum Gasteiger partial charge on any atom is 0.219 e. The van der Waals surface area contributed by atoms with E-state index in [2.05, 4.69) is 0 Å². The monoisotopic (exact) mass is 1100 g/mol. The molecule has 0 bridgehead atoms. The number of phenolic OH excluding ortho intramolecular Hbond substituents is 6. The molecule has 80 heavy (non-hydrogen) atoms. The predicted molar refractivity (Wildman–Crippen MR) is 295 cm³/mol. The normalized spacial score (nSPS) is 11.3. The minimum absolute atomic E-state index is 0.0958. The first-order valence-corrected chi connectivity index (χ1v) is 25.9. The molecular formula is C60H54N3O16P.